The third kappa shape index (κ3) is 3.75. The Hall–Kier alpha value is -0.353. The molecule has 0 N–H and O–H groups in total. The first kappa shape index (κ1) is 21.9. The van der Waals surface area contributed by atoms with Gasteiger partial charge in [0.2, 0.25) is 0 Å². The fraction of sp³-hybridized carbons (Fsp3) is 0.960. The normalized spacial score (nSPS) is 47.9. The van der Waals surface area contributed by atoms with Gasteiger partial charge in [-0.2, -0.15) is 0 Å². The summed E-state index contributed by atoms with van der Waals surface area (Å²) in [5, 5.41) is 4.37. The molecule has 0 amide bonds. The number of hydrogen-bond donors (Lipinski definition) is 0. The highest BCUT2D eigenvalue weighted by atomic mass is 28.4. The van der Waals surface area contributed by atoms with E-state index in [2.05, 4.69) is 45.6 Å². The zero-order valence-corrected chi connectivity index (χ0v) is 21.1. The SMILES string of the molecule is CO/N=C(/C)[C@H]1CC[C@H]2[C@@H]3CC[C@H]4C[C@H](O[Si](C)(C)C)CC[C@]4(C)[C@H]3CC[C@]12C. The predicted octanol–water partition coefficient (Wildman–Crippen LogP) is 6.89. The Kier molecular flexibility index (Phi) is 5.77. The molecule has 4 aliphatic rings. The summed E-state index contributed by atoms with van der Waals surface area (Å²) in [4.78, 5) is 5.16. The van der Waals surface area contributed by atoms with Gasteiger partial charge >= 0.3 is 0 Å². The standard InChI is InChI=1S/C25H45NO2Si/c1-17(26-27-4)21-10-11-22-20-9-8-18-16-19(28-29(5,6)7)12-14-24(18,2)23(20)13-15-25(21,22)3/h18-23H,8-16H2,1-7H3/b26-17-/t18-,19+,20-,21+,22-,23-,24-,25+/m0/s1. The molecule has 0 aromatic carbocycles. The molecule has 0 bridgehead atoms. The highest BCUT2D eigenvalue weighted by Gasteiger charge is 2.60. The van der Waals surface area contributed by atoms with Crippen LogP contribution in [0.5, 0.6) is 0 Å². The van der Waals surface area contributed by atoms with Gasteiger partial charge in [0.05, 0.1) is 5.71 Å². The summed E-state index contributed by atoms with van der Waals surface area (Å²) in [6.07, 6.45) is 13.0. The van der Waals surface area contributed by atoms with Crippen LogP contribution in [-0.2, 0) is 9.26 Å². The van der Waals surface area contributed by atoms with Crippen LogP contribution in [0.1, 0.15) is 78.6 Å². The molecule has 0 aliphatic heterocycles. The molecule has 29 heavy (non-hydrogen) atoms. The molecule has 4 rings (SSSR count). The van der Waals surface area contributed by atoms with Crippen molar-refractivity contribution in [3.63, 3.8) is 0 Å². The van der Waals surface area contributed by atoms with Crippen LogP contribution in [0.3, 0.4) is 0 Å². The van der Waals surface area contributed by atoms with Gasteiger partial charge in [0, 0.05) is 12.0 Å². The van der Waals surface area contributed by atoms with Crippen LogP contribution >= 0.6 is 0 Å². The average molecular weight is 420 g/mol. The van der Waals surface area contributed by atoms with E-state index in [1.807, 2.05) is 0 Å². The first-order valence-electron chi connectivity index (χ1n) is 12.3. The maximum Gasteiger partial charge on any atom is 0.184 e. The zero-order chi connectivity index (χ0) is 21.0. The van der Waals surface area contributed by atoms with Crippen LogP contribution in [0.2, 0.25) is 19.6 Å². The van der Waals surface area contributed by atoms with Crippen molar-refractivity contribution in [2.75, 3.05) is 7.11 Å². The van der Waals surface area contributed by atoms with E-state index in [-0.39, 0.29) is 0 Å². The second-order valence-corrected chi connectivity index (χ2v) is 16.8. The van der Waals surface area contributed by atoms with Crippen LogP contribution in [0.4, 0.5) is 0 Å². The van der Waals surface area contributed by atoms with Gasteiger partial charge in [0.25, 0.3) is 0 Å². The van der Waals surface area contributed by atoms with E-state index in [9.17, 15) is 0 Å². The molecular formula is C25H45NO2Si. The quantitative estimate of drug-likeness (QED) is 0.282. The largest absolute Gasteiger partial charge is 0.415 e. The van der Waals surface area contributed by atoms with E-state index in [1.165, 1.54) is 63.5 Å². The summed E-state index contributed by atoms with van der Waals surface area (Å²) >= 11 is 0. The van der Waals surface area contributed by atoms with E-state index in [0.29, 0.717) is 22.9 Å². The summed E-state index contributed by atoms with van der Waals surface area (Å²) in [6, 6.07) is 0. The summed E-state index contributed by atoms with van der Waals surface area (Å²) in [6.45, 7) is 14.5. The fourth-order valence-electron chi connectivity index (χ4n) is 8.72. The second kappa shape index (κ2) is 7.65. The number of hydrogen-bond acceptors (Lipinski definition) is 3. The minimum atomic E-state index is -1.43. The lowest BCUT2D eigenvalue weighted by Gasteiger charge is -2.61. The molecule has 4 aliphatic carbocycles. The Balaban J connectivity index is 1.51. The average Bonchev–Trinajstić information content (AvgIpc) is 2.98. The van der Waals surface area contributed by atoms with Gasteiger partial charge in [-0.15, -0.1) is 0 Å². The fourth-order valence-corrected chi connectivity index (χ4v) is 9.93. The van der Waals surface area contributed by atoms with Crippen LogP contribution < -0.4 is 0 Å². The minimum Gasteiger partial charge on any atom is -0.415 e. The van der Waals surface area contributed by atoms with Crippen LogP contribution in [0.15, 0.2) is 5.16 Å². The molecule has 3 nitrogen and oxygen atoms in total. The first-order chi connectivity index (χ1) is 13.6. The minimum absolute atomic E-state index is 0.439. The van der Waals surface area contributed by atoms with Crippen molar-refractivity contribution in [1.82, 2.24) is 0 Å². The summed E-state index contributed by atoms with van der Waals surface area (Å²) in [5.74, 6) is 4.27. The van der Waals surface area contributed by atoms with Gasteiger partial charge in [-0.25, -0.2) is 0 Å². The molecule has 4 heteroatoms. The molecule has 4 fully saturated rings. The topological polar surface area (TPSA) is 30.8 Å². The number of oxime groups is 1. The van der Waals surface area contributed by atoms with Crippen molar-refractivity contribution >= 4 is 14.0 Å². The summed E-state index contributed by atoms with van der Waals surface area (Å²) in [7, 11) is 0.259. The van der Waals surface area contributed by atoms with E-state index < -0.39 is 8.32 Å². The lowest BCUT2D eigenvalue weighted by atomic mass is 9.44. The molecule has 0 aromatic heterocycles. The molecule has 0 heterocycles. The second-order valence-electron chi connectivity index (χ2n) is 12.4. The maximum atomic E-state index is 6.57. The summed E-state index contributed by atoms with van der Waals surface area (Å²) in [5.41, 5.74) is 2.23. The van der Waals surface area contributed by atoms with Gasteiger partial charge in [-0.05, 0) is 119 Å². The van der Waals surface area contributed by atoms with Crippen LogP contribution in [0, 0.1) is 40.4 Å². The van der Waals surface area contributed by atoms with Crippen molar-refractivity contribution in [2.45, 2.75) is 104 Å². The highest BCUT2D eigenvalue weighted by molar-refractivity contribution is 6.69. The maximum absolute atomic E-state index is 6.57. The lowest BCUT2D eigenvalue weighted by molar-refractivity contribution is -0.121. The van der Waals surface area contributed by atoms with Crippen molar-refractivity contribution < 1.29 is 9.26 Å². The van der Waals surface area contributed by atoms with Gasteiger partial charge < -0.3 is 9.26 Å². The van der Waals surface area contributed by atoms with Crippen molar-refractivity contribution in [2.24, 2.45) is 45.6 Å². The molecule has 0 unspecified atom stereocenters. The molecule has 0 saturated heterocycles. The first-order valence-corrected chi connectivity index (χ1v) is 15.7. The Bertz CT molecular complexity index is 643. The Labute approximate surface area is 180 Å². The molecule has 166 valence electrons. The number of fused-ring (bicyclic) bond motifs is 5. The molecule has 8 atom stereocenters. The van der Waals surface area contributed by atoms with Gasteiger partial charge in [-0.3, -0.25) is 0 Å². The Morgan fingerprint density at radius 3 is 2.28 bits per heavy atom. The molecular weight excluding hydrogens is 374 g/mol. The third-order valence-corrected chi connectivity index (χ3v) is 10.9. The van der Waals surface area contributed by atoms with Crippen LogP contribution in [-0.4, -0.2) is 27.2 Å². The van der Waals surface area contributed by atoms with Crippen molar-refractivity contribution in [1.29, 1.82) is 0 Å². The van der Waals surface area contributed by atoms with Crippen molar-refractivity contribution in [3.05, 3.63) is 0 Å². The predicted molar refractivity (Wildman–Crippen MR) is 124 cm³/mol. The van der Waals surface area contributed by atoms with Gasteiger partial charge in [-0.1, -0.05) is 19.0 Å². The number of nitrogens with zero attached hydrogens (tertiary/aromatic N) is 1. The zero-order valence-electron chi connectivity index (χ0n) is 20.1. The monoisotopic (exact) mass is 419 g/mol. The number of rotatable bonds is 4. The smallest absolute Gasteiger partial charge is 0.184 e. The van der Waals surface area contributed by atoms with Gasteiger partial charge in [0.15, 0.2) is 8.32 Å². The Morgan fingerprint density at radius 1 is 0.897 bits per heavy atom. The van der Waals surface area contributed by atoms with Gasteiger partial charge in [0.1, 0.15) is 7.11 Å². The highest BCUT2D eigenvalue weighted by Crippen LogP contribution is 2.67. The van der Waals surface area contributed by atoms with E-state index in [1.54, 1.807) is 7.11 Å². The molecule has 0 spiro atoms. The van der Waals surface area contributed by atoms with Crippen molar-refractivity contribution in [3.8, 4) is 0 Å². The molecule has 0 radical (unpaired) electrons. The third-order valence-electron chi connectivity index (χ3n) is 9.88. The molecule has 0 aromatic rings. The lowest BCUT2D eigenvalue weighted by Crippen LogP contribution is -2.54. The Morgan fingerprint density at radius 2 is 1.59 bits per heavy atom. The molecule has 4 saturated carbocycles. The van der Waals surface area contributed by atoms with Crippen LogP contribution in [0.25, 0.3) is 0 Å². The van der Waals surface area contributed by atoms with E-state index in [4.69, 9.17) is 9.26 Å². The van der Waals surface area contributed by atoms with E-state index in [0.717, 1.165) is 23.7 Å². The van der Waals surface area contributed by atoms with E-state index >= 15 is 0 Å². The summed E-state index contributed by atoms with van der Waals surface area (Å²) < 4.78 is 6.57.